The number of rotatable bonds is 9. The van der Waals surface area contributed by atoms with Crippen LogP contribution in [0.4, 0.5) is 4.39 Å². The molecule has 2 atom stereocenters. The van der Waals surface area contributed by atoms with Crippen molar-refractivity contribution >= 4 is 45.8 Å². The third-order valence-electron chi connectivity index (χ3n) is 6.11. The van der Waals surface area contributed by atoms with Crippen LogP contribution >= 0.6 is 15.9 Å². The number of aliphatic imine (C=N–C) groups is 3. The summed E-state index contributed by atoms with van der Waals surface area (Å²) in [5.41, 5.74) is 1.51. The summed E-state index contributed by atoms with van der Waals surface area (Å²) in [5.74, 6) is -0.597. The second kappa shape index (κ2) is 12.7. The van der Waals surface area contributed by atoms with Crippen molar-refractivity contribution < 1.29 is 28.2 Å². The van der Waals surface area contributed by atoms with Crippen LogP contribution in [0.1, 0.15) is 32.4 Å². The first kappa shape index (κ1) is 28.1. The van der Waals surface area contributed by atoms with Gasteiger partial charge in [0.15, 0.2) is 11.7 Å². The van der Waals surface area contributed by atoms with E-state index in [1.807, 2.05) is 0 Å². The lowest BCUT2D eigenvalue weighted by Crippen LogP contribution is -2.48. The van der Waals surface area contributed by atoms with Gasteiger partial charge in [-0.3, -0.25) is 19.7 Å². The minimum atomic E-state index is -0.780. The average Bonchev–Trinajstić information content (AvgIpc) is 3.42. The van der Waals surface area contributed by atoms with E-state index in [0.29, 0.717) is 65.8 Å². The minimum Gasteiger partial charge on any atom is -0.463 e. The van der Waals surface area contributed by atoms with E-state index >= 15 is 0 Å². The molecule has 0 aliphatic carbocycles. The van der Waals surface area contributed by atoms with Crippen LogP contribution in [0.2, 0.25) is 0 Å². The minimum absolute atomic E-state index is 0.147. The summed E-state index contributed by atoms with van der Waals surface area (Å²) in [6.07, 6.45) is 1.37. The molecule has 0 amide bonds. The van der Waals surface area contributed by atoms with E-state index < -0.39 is 17.8 Å². The standard InChI is InChI=1S/C26H31BrFN5O5/c1-4-36-26(35)21-20(13-33-9-10-37-17(12-33)14-38-25(34)15(2)3)31-24(23-29-7-8-30-23)32-22(21)18-6-5-16(28)11-19(18)27/h5-7,11,15,17,22H,4,8-10,12-14H2,1-3H3,(H,31,32)/t17-,22?/m1/s1. The maximum absolute atomic E-state index is 13.9. The molecule has 0 saturated carbocycles. The molecule has 1 N–H and O–H groups in total. The van der Waals surface area contributed by atoms with Gasteiger partial charge in [0.1, 0.15) is 24.6 Å². The second-order valence-corrected chi connectivity index (χ2v) is 10.1. The first-order chi connectivity index (χ1) is 18.3. The summed E-state index contributed by atoms with van der Waals surface area (Å²) in [7, 11) is 0. The predicted molar refractivity (Wildman–Crippen MR) is 144 cm³/mol. The van der Waals surface area contributed by atoms with Gasteiger partial charge in [-0.25, -0.2) is 14.2 Å². The number of nitrogens with one attached hydrogen (secondary N) is 1. The molecule has 3 aliphatic rings. The number of ether oxygens (including phenoxy) is 3. The highest BCUT2D eigenvalue weighted by Gasteiger charge is 2.35. The van der Waals surface area contributed by atoms with E-state index in [9.17, 15) is 14.0 Å². The van der Waals surface area contributed by atoms with Crippen LogP contribution in [0.5, 0.6) is 0 Å². The number of esters is 2. The zero-order valence-corrected chi connectivity index (χ0v) is 23.2. The Hall–Kier alpha value is -2.96. The van der Waals surface area contributed by atoms with Gasteiger partial charge >= 0.3 is 11.9 Å². The van der Waals surface area contributed by atoms with Gasteiger partial charge in [0.05, 0.1) is 31.2 Å². The van der Waals surface area contributed by atoms with Gasteiger partial charge in [0, 0.05) is 36.0 Å². The number of benzene rings is 1. The molecule has 204 valence electrons. The van der Waals surface area contributed by atoms with Crippen LogP contribution in [0.25, 0.3) is 0 Å². The molecule has 1 fully saturated rings. The van der Waals surface area contributed by atoms with Crippen LogP contribution in [-0.2, 0) is 23.8 Å². The largest absolute Gasteiger partial charge is 0.463 e. The smallest absolute Gasteiger partial charge is 0.338 e. The lowest BCUT2D eigenvalue weighted by molar-refractivity contribution is -0.154. The first-order valence-electron chi connectivity index (χ1n) is 12.5. The molecule has 0 spiro atoms. The SMILES string of the molecule is CCOC(=O)C1=C(CN2CCO[C@@H](COC(=O)C(C)C)C2)NC(C2=NCC=N2)=NC1c1ccc(F)cc1Br. The molecule has 12 heteroatoms. The van der Waals surface area contributed by atoms with E-state index in [1.54, 1.807) is 33.1 Å². The van der Waals surface area contributed by atoms with Crippen molar-refractivity contribution in [2.45, 2.75) is 32.9 Å². The van der Waals surface area contributed by atoms with Crippen LogP contribution < -0.4 is 5.32 Å². The Labute approximate surface area is 229 Å². The number of nitrogens with zero attached hydrogens (tertiary/aromatic N) is 4. The zero-order chi connectivity index (χ0) is 27.2. The molecular weight excluding hydrogens is 561 g/mol. The molecule has 10 nitrogen and oxygen atoms in total. The van der Waals surface area contributed by atoms with Crippen molar-refractivity contribution in [3.05, 3.63) is 45.3 Å². The van der Waals surface area contributed by atoms with Crippen molar-refractivity contribution in [2.24, 2.45) is 20.9 Å². The van der Waals surface area contributed by atoms with Gasteiger partial charge < -0.3 is 19.5 Å². The fourth-order valence-corrected chi connectivity index (χ4v) is 4.82. The number of hydrogen-bond donors (Lipinski definition) is 1. The molecule has 0 radical (unpaired) electrons. The van der Waals surface area contributed by atoms with Crippen LogP contribution in [0, 0.1) is 11.7 Å². The van der Waals surface area contributed by atoms with E-state index in [4.69, 9.17) is 19.2 Å². The second-order valence-electron chi connectivity index (χ2n) is 9.27. The Morgan fingerprint density at radius 3 is 2.82 bits per heavy atom. The third kappa shape index (κ3) is 6.72. The molecule has 1 aromatic rings. The lowest BCUT2D eigenvalue weighted by Gasteiger charge is -2.35. The van der Waals surface area contributed by atoms with E-state index in [2.05, 4.69) is 36.1 Å². The van der Waals surface area contributed by atoms with Crippen molar-refractivity contribution in [1.82, 2.24) is 10.2 Å². The molecule has 3 aliphatic heterocycles. The van der Waals surface area contributed by atoms with Crippen LogP contribution in [0.3, 0.4) is 0 Å². The molecule has 0 bridgehead atoms. The van der Waals surface area contributed by atoms with Crippen molar-refractivity contribution in [1.29, 1.82) is 0 Å². The van der Waals surface area contributed by atoms with Gasteiger partial charge in [-0.05, 0) is 24.6 Å². The molecule has 4 rings (SSSR count). The Balaban J connectivity index is 1.66. The first-order valence-corrected chi connectivity index (χ1v) is 13.3. The maximum Gasteiger partial charge on any atom is 0.338 e. The van der Waals surface area contributed by atoms with Gasteiger partial charge in [0.25, 0.3) is 0 Å². The third-order valence-corrected chi connectivity index (χ3v) is 6.80. The quantitative estimate of drug-likeness (QED) is 0.439. The van der Waals surface area contributed by atoms with Gasteiger partial charge in [0.2, 0.25) is 0 Å². The normalized spacial score (nSPS) is 21.7. The summed E-state index contributed by atoms with van der Waals surface area (Å²) in [6.45, 7) is 7.94. The maximum atomic E-state index is 13.9. The highest BCUT2D eigenvalue weighted by atomic mass is 79.9. The molecule has 38 heavy (non-hydrogen) atoms. The molecule has 0 aromatic heterocycles. The number of carbonyl (C=O) groups is 2. The Kier molecular flexibility index (Phi) is 9.40. The summed E-state index contributed by atoms with van der Waals surface area (Å²) in [5, 5.41) is 3.27. The summed E-state index contributed by atoms with van der Waals surface area (Å²) in [4.78, 5) is 40.8. The van der Waals surface area contributed by atoms with E-state index in [0.717, 1.165) is 0 Å². The number of carbonyl (C=O) groups excluding carboxylic acids is 2. The van der Waals surface area contributed by atoms with Crippen molar-refractivity contribution in [2.75, 3.05) is 46.0 Å². The summed E-state index contributed by atoms with van der Waals surface area (Å²) in [6, 6.07) is 3.49. The number of amidine groups is 2. The van der Waals surface area contributed by atoms with E-state index in [-0.39, 0.29) is 31.2 Å². The fourth-order valence-electron chi connectivity index (χ4n) is 4.25. The van der Waals surface area contributed by atoms with Gasteiger partial charge in [-0.2, -0.15) is 0 Å². The summed E-state index contributed by atoms with van der Waals surface area (Å²) >= 11 is 3.43. The van der Waals surface area contributed by atoms with Crippen LogP contribution in [-0.4, -0.2) is 86.8 Å². The van der Waals surface area contributed by atoms with Crippen molar-refractivity contribution in [3.8, 4) is 0 Å². The molecule has 1 unspecified atom stereocenters. The highest BCUT2D eigenvalue weighted by molar-refractivity contribution is 9.10. The molecule has 1 aromatic carbocycles. The lowest BCUT2D eigenvalue weighted by atomic mass is 9.95. The molecule has 1 saturated heterocycles. The Bertz CT molecular complexity index is 1200. The van der Waals surface area contributed by atoms with Gasteiger partial charge in [-0.15, -0.1) is 0 Å². The zero-order valence-electron chi connectivity index (χ0n) is 21.6. The number of halogens is 2. The highest BCUT2D eigenvalue weighted by Crippen LogP contribution is 2.36. The number of morpholine rings is 1. The Morgan fingerprint density at radius 2 is 2.13 bits per heavy atom. The van der Waals surface area contributed by atoms with Gasteiger partial charge in [-0.1, -0.05) is 35.8 Å². The number of hydrogen-bond acceptors (Lipinski definition) is 10. The molecule has 3 heterocycles. The van der Waals surface area contributed by atoms with E-state index in [1.165, 1.54) is 12.1 Å². The predicted octanol–water partition coefficient (Wildman–Crippen LogP) is 2.83. The average molecular weight is 592 g/mol. The topological polar surface area (TPSA) is 114 Å². The van der Waals surface area contributed by atoms with Crippen LogP contribution in [0.15, 0.2) is 48.9 Å². The van der Waals surface area contributed by atoms with Crippen molar-refractivity contribution in [3.63, 3.8) is 0 Å². The summed E-state index contributed by atoms with van der Waals surface area (Å²) < 4.78 is 31.0. The molecular formula is C26H31BrFN5O5. The monoisotopic (exact) mass is 591 g/mol. The Morgan fingerprint density at radius 1 is 1.32 bits per heavy atom. The fraction of sp³-hybridized carbons (Fsp3) is 0.500.